The summed E-state index contributed by atoms with van der Waals surface area (Å²) in [6.45, 7) is 3.41. The van der Waals surface area contributed by atoms with Crippen molar-refractivity contribution in [1.82, 2.24) is 10.6 Å². The zero-order valence-electron chi connectivity index (χ0n) is 8.85. The molecule has 1 rings (SSSR count). The Balaban J connectivity index is 2.57. The predicted octanol–water partition coefficient (Wildman–Crippen LogP) is 0.656. The Morgan fingerprint density at radius 3 is 3.07 bits per heavy atom. The normalized spacial score (nSPS) is 24.3. The molecular formula is C10H17FN2O2. The first-order valence-electron chi connectivity index (χ1n) is 5.21. The second-order valence-electron chi connectivity index (χ2n) is 3.58. The first kappa shape index (κ1) is 12.1. The van der Waals surface area contributed by atoms with Crippen LogP contribution in [0.3, 0.4) is 0 Å². The fourth-order valence-corrected chi connectivity index (χ4v) is 1.64. The van der Waals surface area contributed by atoms with Crippen molar-refractivity contribution in [3.63, 3.8) is 0 Å². The van der Waals surface area contributed by atoms with Gasteiger partial charge in [-0.3, -0.25) is 4.79 Å². The van der Waals surface area contributed by atoms with Crippen molar-refractivity contribution < 1.29 is 14.3 Å². The van der Waals surface area contributed by atoms with Gasteiger partial charge in [0, 0.05) is 13.1 Å². The van der Waals surface area contributed by atoms with Crippen LogP contribution >= 0.6 is 0 Å². The van der Waals surface area contributed by atoms with Crippen LogP contribution in [0.25, 0.3) is 0 Å². The van der Waals surface area contributed by atoms with E-state index < -0.39 is 12.0 Å². The van der Waals surface area contributed by atoms with Crippen molar-refractivity contribution in [2.45, 2.75) is 25.8 Å². The number of halogens is 1. The number of nitrogens with one attached hydrogen (secondary N) is 2. The monoisotopic (exact) mass is 216 g/mol. The number of rotatable bonds is 5. The van der Waals surface area contributed by atoms with Gasteiger partial charge in [0.25, 0.3) is 0 Å². The number of carbonyl (C=O) groups is 1. The fraction of sp³-hybridized carbons (Fsp3) is 0.700. The molecule has 0 aromatic carbocycles. The van der Waals surface area contributed by atoms with Crippen LogP contribution in [0.4, 0.5) is 4.39 Å². The molecule has 4 nitrogen and oxygen atoms in total. The third kappa shape index (κ3) is 3.28. The summed E-state index contributed by atoms with van der Waals surface area (Å²) in [6, 6.07) is -0.839. The van der Waals surface area contributed by atoms with Crippen molar-refractivity contribution in [2.75, 3.05) is 19.6 Å². The molecule has 0 bridgehead atoms. The lowest BCUT2D eigenvalue weighted by Crippen LogP contribution is -2.32. The molecule has 3 N–H and O–H groups in total. The molecular weight excluding hydrogens is 199 g/mol. The summed E-state index contributed by atoms with van der Waals surface area (Å²) < 4.78 is 13.6. The Bertz CT molecular complexity index is 266. The maximum Gasteiger partial charge on any atom is 0.325 e. The SMILES string of the molecule is CCCNCC(F)=C1CCNC1C(=O)O. The molecule has 1 unspecified atom stereocenters. The maximum atomic E-state index is 13.6. The van der Waals surface area contributed by atoms with Gasteiger partial charge < -0.3 is 15.7 Å². The summed E-state index contributed by atoms with van der Waals surface area (Å²) in [4.78, 5) is 10.8. The zero-order valence-corrected chi connectivity index (χ0v) is 8.85. The van der Waals surface area contributed by atoms with Crippen molar-refractivity contribution in [1.29, 1.82) is 0 Å². The summed E-state index contributed by atoms with van der Waals surface area (Å²) in [7, 11) is 0. The standard InChI is InChI=1S/C10H17FN2O2/c1-2-4-12-6-8(11)7-3-5-13-9(7)10(14)15/h9,12-13H,2-6H2,1H3,(H,14,15). The molecule has 0 aromatic heterocycles. The second kappa shape index (κ2) is 5.82. The lowest BCUT2D eigenvalue weighted by atomic mass is 10.1. The van der Waals surface area contributed by atoms with Crippen LogP contribution in [0, 0.1) is 0 Å². The maximum absolute atomic E-state index is 13.6. The average molecular weight is 216 g/mol. The van der Waals surface area contributed by atoms with Gasteiger partial charge in [-0.05, 0) is 25.0 Å². The number of aliphatic carboxylic acids is 1. The van der Waals surface area contributed by atoms with Crippen LogP contribution < -0.4 is 10.6 Å². The molecule has 0 radical (unpaired) electrons. The molecule has 1 fully saturated rings. The highest BCUT2D eigenvalue weighted by molar-refractivity contribution is 5.78. The molecule has 1 atom stereocenters. The second-order valence-corrected chi connectivity index (χ2v) is 3.58. The zero-order chi connectivity index (χ0) is 11.3. The summed E-state index contributed by atoms with van der Waals surface area (Å²) in [5.74, 6) is -1.34. The average Bonchev–Trinajstić information content (AvgIpc) is 2.66. The van der Waals surface area contributed by atoms with Gasteiger partial charge in [0.2, 0.25) is 0 Å². The van der Waals surface area contributed by atoms with E-state index in [2.05, 4.69) is 10.6 Å². The lowest BCUT2D eigenvalue weighted by Gasteiger charge is -2.09. The van der Waals surface area contributed by atoms with Crippen molar-refractivity contribution in [3.05, 3.63) is 11.4 Å². The summed E-state index contributed by atoms with van der Waals surface area (Å²) in [5, 5.41) is 14.5. The van der Waals surface area contributed by atoms with E-state index in [1.165, 1.54) is 0 Å². The van der Waals surface area contributed by atoms with Crippen molar-refractivity contribution in [3.8, 4) is 0 Å². The van der Waals surface area contributed by atoms with Crippen molar-refractivity contribution in [2.24, 2.45) is 0 Å². The molecule has 5 heteroatoms. The first-order valence-corrected chi connectivity index (χ1v) is 5.21. The minimum atomic E-state index is -1.01. The van der Waals surface area contributed by atoms with Gasteiger partial charge in [0.05, 0.1) is 0 Å². The molecule has 0 aliphatic carbocycles. The minimum absolute atomic E-state index is 0.134. The van der Waals surface area contributed by atoms with Crippen LogP contribution in [0.1, 0.15) is 19.8 Å². The molecule has 1 aliphatic rings. The lowest BCUT2D eigenvalue weighted by molar-refractivity contribution is -0.138. The first-order chi connectivity index (χ1) is 7.16. The number of hydrogen-bond acceptors (Lipinski definition) is 3. The third-order valence-corrected chi connectivity index (χ3v) is 2.39. The van der Waals surface area contributed by atoms with E-state index in [0.29, 0.717) is 18.5 Å². The Hall–Kier alpha value is -0.940. The molecule has 1 saturated heterocycles. The fourth-order valence-electron chi connectivity index (χ4n) is 1.64. The molecule has 1 heterocycles. The molecule has 1 aliphatic heterocycles. The molecule has 0 aromatic rings. The molecule has 0 amide bonds. The topological polar surface area (TPSA) is 61.4 Å². The van der Waals surface area contributed by atoms with Gasteiger partial charge in [0.15, 0.2) is 0 Å². The largest absolute Gasteiger partial charge is 0.480 e. The van der Waals surface area contributed by atoms with Gasteiger partial charge in [0.1, 0.15) is 11.9 Å². The van der Waals surface area contributed by atoms with Gasteiger partial charge in [-0.1, -0.05) is 6.92 Å². The Kier molecular flexibility index (Phi) is 4.71. The highest BCUT2D eigenvalue weighted by atomic mass is 19.1. The van der Waals surface area contributed by atoms with Gasteiger partial charge in [-0.25, -0.2) is 4.39 Å². The number of carboxylic acid groups (broad SMARTS) is 1. The van der Waals surface area contributed by atoms with E-state index in [4.69, 9.17) is 5.11 Å². The number of carboxylic acids is 1. The Labute approximate surface area is 88.5 Å². The quantitative estimate of drug-likeness (QED) is 0.591. The van der Waals surface area contributed by atoms with Crippen LogP contribution in [-0.4, -0.2) is 36.8 Å². The van der Waals surface area contributed by atoms with Crippen molar-refractivity contribution >= 4 is 5.97 Å². The highest BCUT2D eigenvalue weighted by Crippen LogP contribution is 2.19. The number of hydrogen-bond donors (Lipinski definition) is 3. The minimum Gasteiger partial charge on any atom is -0.480 e. The molecule has 0 saturated carbocycles. The predicted molar refractivity (Wildman–Crippen MR) is 55.3 cm³/mol. The van der Waals surface area contributed by atoms with Gasteiger partial charge >= 0.3 is 5.97 Å². The van der Waals surface area contributed by atoms with E-state index in [0.717, 1.165) is 13.0 Å². The van der Waals surface area contributed by atoms with E-state index in [1.807, 2.05) is 6.92 Å². The molecule has 86 valence electrons. The smallest absolute Gasteiger partial charge is 0.325 e. The summed E-state index contributed by atoms with van der Waals surface area (Å²) >= 11 is 0. The summed E-state index contributed by atoms with van der Waals surface area (Å²) in [6.07, 6.45) is 1.42. The molecule has 15 heavy (non-hydrogen) atoms. The Morgan fingerprint density at radius 2 is 2.47 bits per heavy atom. The van der Waals surface area contributed by atoms with Gasteiger partial charge in [-0.15, -0.1) is 0 Å². The van der Waals surface area contributed by atoms with Crippen LogP contribution in [0.2, 0.25) is 0 Å². The van der Waals surface area contributed by atoms with E-state index in [9.17, 15) is 9.18 Å². The van der Waals surface area contributed by atoms with E-state index >= 15 is 0 Å². The highest BCUT2D eigenvalue weighted by Gasteiger charge is 2.29. The van der Waals surface area contributed by atoms with E-state index in [-0.39, 0.29) is 12.4 Å². The Morgan fingerprint density at radius 1 is 1.73 bits per heavy atom. The van der Waals surface area contributed by atoms with Gasteiger partial charge in [-0.2, -0.15) is 0 Å². The van der Waals surface area contributed by atoms with Crippen LogP contribution in [0.15, 0.2) is 11.4 Å². The van der Waals surface area contributed by atoms with Crippen LogP contribution in [-0.2, 0) is 4.79 Å². The van der Waals surface area contributed by atoms with E-state index in [1.54, 1.807) is 0 Å². The molecule has 0 spiro atoms. The van der Waals surface area contributed by atoms with Crippen LogP contribution in [0.5, 0.6) is 0 Å². The third-order valence-electron chi connectivity index (χ3n) is 2.39. The summed E-state index contributed by atoms with van der Waals surface area (Å²) in [5.41, 5.74) is 0.381.